The van der Waals surface area contributed by atoms with E-state index in [4.69, 9.17) is 37.0 Å². The summed E-state index contributed by atoms with van der Waals surface area (Å²) in [5, 5.41) is 10.6. The molecule has 588 valence electrons. The van der Waals surface area contributed by atoms with Crippen molar-refractivity contribution in [2.75, 3.05) is 39.6 Å². The molecule has 6 atom stereocenters. The summed E-state index contributed by atoms with van der Waals surface area (Å²) in [7, 11) is -9.91. The second kappa shape index (κ2) is 71.7. The lowest BCUT2D eigenvalue weighted by atomic mass is 9.99. The molecule has 0 fully saturated rings. The van der Waals surface area contributed by atoms with Crippen LogP contribution in [0.3, 0.4) is 0 Å². The monoisotopic (exact) mass is 1450 g/mol. The van der Waals surface area contributed by atoms with E-state index in [1.54, 1.807) is 0 Å². The quantitative estimate of drug-likeness (QED) is 0.0222. The first kappa shape index (κ1) is 97.1. The first-order valence-electron chi connectivity index (χ1n) is 41.5. The lowest BCUT2D eigenvalue weighted by Gasteiger charge is -2.21. The minimum absolute atomic E-state index is 0.104. The van der Waals surface area contributed by atoms with Gasteiger partial charge >= 0.3 is 39.5 Å². The van der Waals surface area contributed by atoms with Crippen LogP contribution in [0.5, 0.6) is 0 Å². The normalized spacial score (nSPS) is 14.2. The molecule has 99 heavy (non-hydrogen) atoms. The van der Waals surface area contributed by atoms with Gasteiger partial charge in [0.15, 0.2) is 12.2 Å². The molecule has 0 saturated heterocycles. The van der Waals surface area contributed by atoms with Crippen molar-refractivity contribution in [3.63, 3.8) is 0 Å². The predicted octanol–water partition coefficient (Wildman–Crippen LogP) is 23.9. The number of hydrogen-bond acceptors (Lipinski definition) is 15. The number of rotatable bonds is 79. The smallest absolute Gasteiger partial charge is 0.462 e. The summed E-state index contributed by atoms with van der Waals surface area (Å²) in [6.07, 6.45) is 61.4. The van der Waals surface area contributed by atoms with E-state index in [0.29, 0.717) is 25.7 Å². The number of phosphoric acid groups is 2. The fourth-order valence-corrected chi connectivity index (χ4v) is 13.9. The average Bonchev–Trinajstić information content (AvgIpc) is 2.11. The molecule has 0 aliphatic rings. The van der Waals surface area contributed by atoms with Crippen molar-refractivity contribution < 1.29 is 80.2 Å². The average molecular weight is 1450 g/mol. The Balaban J connectivity index is 5.15. The molecule has 0 aromatic rings. The molecule has 0 aliphatic heterocycles. The Morgan fingerprint density at radius 3 is 0.768 bits per heavy atom. The maximum Gasteiger partial charge on any atom is 0.472 e. The lowest BCUT2D eigenvalue weighted by Crippen LogP contribution is -2.30. The van der Waals surface area contributed by atoms with Crippen LogP contribution in [0.15, 0.2) is 0 Å². The number of ether oxygens (including phenoxy) is 4. The van der Waals surface area contributed by atoms with E-state index < -0.39 is 97.5 Å². The van der Waals surface area contributed by atoms with Gasteiger partial charge in [-0.1, -0.05) is 369 Å². The van der Waals surface area contributed by atoms with E-state index in [2.05, 4.69) is 41.5 Å². The van der Waals surface area contributed by atoms with Crippen LogP contribution >= 0.6 is 15.6 Å². The second-order valence-electron chi connectivity index (χ2n) is 29.5. The number of aliphatic hydroxyl groups excluding tert-OH is 1. The zero-order chi connectivity index (χ0) is 72.8. The largest absolute Gasteiger partial charge is 0.472 e. The Bertz CT molecular complexity index is 1910. The number of phosphoric ester groups is 2. The predicted molar refractivity (Wildman–Crippen MR) is 405 cm³/mol. The third-order valence-corrected chi connectivity index (χ3v) is 21.0. The Morgan fingerprint density at radius 1 is 0.293 bits per heavy atom. The van der Waals surface area contributed by atoms with Crippen LogP contribution in [-0.2, 0) is 65.4 Å². The summed E-state index contributed by atoms with van der Waals surface area (Å²) >= 11 is 0. The highest BCUT2D eigenvalue weighted by Gasteiger charge is 2.30. The van der Waals surface area contributed by atoms with Crippen molar-refractivity contribution in [2.24, 2.45) is 11.8 Å². The van der Waals surface area contributed by atoms with E-state index in [-0.39, 0.29) is 25.7 Å². The minimum Gasteiger partial charge on any atom is -0.462 e. The van der Waals surface area contributed by atoms with Crippen LogP contribution in [0.4, 0.5) is 0 Å². The van der Waals surface area contributed by atoms with E-state index in [1.807, 2.05) is 0 Å². The van der Waals surface area contributed by atoms with Crippen molar-refractivity contribution in [1.82, 2.24) is 0 Å². The van der Waals surface area contributed by atoms with Crippen molar-refractivity contribution >= 4 is 39.5 Å². The molecule has 0 spiro atoms. The molecular weight excluding hydrogens is 1290 g/mol. The lowest BCUT2D eigenvalue weighted by molar-refractivity contribution is -0.161. The summed E-state index contributed by atoms with van der Waals surface area (Å²) in [4.78, 5) is 72.8. The van der Waals surface area contributed by atoms with Gasteiger partial charge in [-0.2, -0.15) is 0 Å². The van der Waals surface area contributed by atoms with Gasteiger partial charge in [-0.15, -0.1) is 0 Å². The van der Waals surface area contributed by atoms with Crippen LogP contribution in [0.2, 0.25) is 0 Å². The topological polar surface area (TPSA) is 237 Å². The van der Waals surface area contributed by atoms with Crippen molar-refractivity contribution in [2.45, 2.75) is 439 Å². The summed E-state index contributed by atoms with van der Waals surface area (Å²) < 4.78 is 68.5. The summed E-state index contributed by atoms with van der Waals surface area (Å²) in [6.45, 7) is 9.60. The molecule has 3 N–H and O–H groups in total. The number of hydrogen-bond donors (Lipinski definition) is 3. The van der Waals surface area contributed by atoms with Gasteiger partial charge in [-0.05, 0) is 37.5 Å². The summed E-state index contributed by atoms with van der Waals surface area (Å²) in [6, 6.07) is 0. The van der Waals surface area contributed by atoms with Crippen LogP contribution in [-0.4, -0.2) is 96.7 Å². The fourth-order valence-electron chi connectivity index (χ4n) is 12.3. The zero-order valence-electron chi connectivity index (χ0n) is 64.8. The van der Waals surface area contributed by atoms with E-state index in [1.165, 1.54) is 225 Å². The SMILES string of the molecule is CCCCCCCCCCCCCCCCCCCCCC(=O)OC[C@H](COP(=O)(O)OC[C@@H](O)COP(=O)(O)OC[C@@H](COC(=O)CCCCCCCCC)OC(=O)CCCCCCCCCCC(C)C)OC(=O)CCCCCCCCCCCCCCCCCCCCC(C)CC. The van der Waals surface area contributed by atoms with E-state index in [0.717, 1.165) is 115 Å². The van der Waals surface area contributed by atoms with Crippen LogP contribution in [0, 0.1) is 11.8 Å². The summed E-state index contributed by atoms with van der Waals surface area (Å²) in [5.41, 5.74) is 0. The van der Waals surface area contributed by atoms with Gasteiger partial charge in [0.2, 0.25) is 0 Å². The van der Waals surface area contributed by atoms with Gasteiger partial charge < -0.3 is 33.8 Å². The van der Waals surface area contributed by atoms with E-state index in [9.17, 15) is 43.2 Å². The molecule has 17 nitrogen and oxygen atoms in total. The first-order chi connectivity index (χ1) is 47.9. The molecule has 0 amide bonds. The molecule has 3 unspecified atom stereocenters. The van der Waals surface area contributed by atoms with Gasteiger partial charge in [0.25, 0.3) is 0 Å². The highest BCUT2D eigenvalue weighted by Crippen LogP contribution is 2.45. The van der Waals surface area contributed by atoms with Crippen LogP contribution in [0.1, 0.15) is 420 Å². The number of carbonyl (C=O) groups excluding carboxylic acids is 4. The zero-order valence-corrected chi connectivity index (χ0v) is 66.6. The Labute approximate surface area is 607 Å². The maximum atomic E-state index is 13.1. The molecule has 0 aromatic carbocycles. The van der Waals surface area contributed by atoms with Gasteiger partial charge in [0.05, 0.1) is 26.4 Å². The highest BCUT2D eigenvalue weighted by molar-refractivity contribution is 7.47. The molecule has 0 bridgehead atoms. The molecular formula is C80H156O17P2. The molecule has 0 radical (unpaired) electrons. The number of aliphatic hydroxyl groups is 1. The number of esters is 4. The maximum absolute atomic E-state index is 13.1. The minimum atomic E-state index is -4.96. The Hall–Kier alpha value is -1.94. The standard InChI is InChI=1S/C80H156O17P2/c1-7-10-12-14-16-17-18-19-20-21-22-26-29-32-35-38-45-51-57-63-78(83)91-69-76(96-79(84)64-58-52-46-39-36-33-30-27-24-23-25-28-31-34-37-44-49-55-61-73(6)9-3)71-95-99(88,89)93-67-74(81)66-92-98(86,87)94-70-75(68-90-77(82)62-56-50-42-15-13-11-8-2)97-80(85)65-59-53-47-41-40-43-48-54-60-72(4)5/h72-76,81H,7-71H2,1-6H3,(H,86,87)(H,88,89)/t73?,74-,75+,76+/m0/s1. The molecule has 0 saturated carbocycles. The van der Waals surface area contributed by atoms with Gasteiger partial charge in [0.1, 0.15) is 19.3 Å². The van der Waals surface area contributed by atoms with Gasteiger partial charge in [-0.25, -0.2) is 9.13 Å². The molecule has 0 aliphatic carbocycles. The third-order valence-electron chi connectivity index (χ3n) is 19.1. The molecule has 0 rings (SSSR count). The molecule has 0 aromatic heterocycles. The van der Waals surface area contributed by atoms with Crippen LogP contribution in [0.25, 0.3) is 0 Å². The third kappa shape index (κ3) is 72.8. The van der Waals surface area contributed by atoms with Crippen molar-refractivity contribution in [3.8, 4) is 0 Å². The number of carbonyl (C=O) groups is 4. The van der Waals surface area contributed by atoms with E-state index >= 15 is 0 Å². The van der Waals surface area contributed by atoms with Gasteiger partial charge in [0, 0.05) is 25.7 Å². The molecule has 19 heteroatoms. The van der Waals surface area contributed by atoms with Crippen molar-refractivity contribution in [1.29, 1.82) is 0 Å². The first-order valence-corrected chi connectivity index (χ1v) is 44.5. The van der Waals surface area contributed by atoms with Crippen LogP contribution < -0.4 is 0 Å². The Kier molecular flexibility index (Phi) is 70.3. The highest BCUT2D eigenvalue weighted by atomic mass is 31.2. The second-order valence-corrected chi connectivity index (χ2v) is 32.4. The Morgan fingerprint density at radius 2 is 0.515 bits per heavy atom. The van der Waals surface area contributed by atoms with Crippen molar-refractivity contribution in [3.05, 3.63) is 0 Å². The van der Waals surface area contributed by atoms with Gasteiger partial charge in [-0.3, -0.25) is 37.3 Å². The summed E-state index contributed by atoms with van der Waals surface area (Å²) in [5.74, 6) is -0.528. The molecule has 0 heterocycles. The fraction of sp³-hybridized carbons (Fsp3) is 0.950. The number of unbranched alkanes of at least 4 members (excludes halogenated alkanes) is 48.